The number of carbonyl (C=O) groups excluding carboxylic acids is 3. The summed E-state index contributed by atoms with van der Waals surface area (Å²) in [4.78, 5) is 40.0. The third-order valence-corrected chi connectivity index (χ3v) is 3.93. The number of nitrogens with zero attached hydrogens (tertiary/aromatic N) is 1. The molecular formula is C20H17N3O5. The Morgan fingerprint density at radius 1 is 0.786 bits per heavy atom. The van der Waals surface area contributed by atoms with Gasteiger partial charge < -0.3 is 20.1 Å². The molecule has 8 nitrogen and oxygen atoms in total. The van der Waals surface area contributed by atoms with E-state index in [0.29, 0.717) is 5.69 Å². The summed E-state index contributed by atoms with van der Waals surface area (Å²) in [6.45, 7) is 0. The van der Waals surface area contributed by atoms with Crippen LogP contribution < -0.4 is 10.6 Å². The average Bonchev–Trinajstić information content (AvgIpc) is 2.72. The fourth-order valence-corrected chi connectivity index (χ4v) is 2.63. The lowest BCUT2D eigenvalue weighted by Crippen LogP contribution is -2.20. The van der Waals surface area contributed by atoms with Gasteiger partial charge in [-0.1, -0.05) is 6.07 Å². The van der Waals surface area contributed by atoms with E-state index in [1.54, 1.807) is 24.5 Å². The summed E-state index contributed by atoms with van der Waals surface area (Å²) < 4.78 is 9.35. The van der Waals surface area contributed by atoms with Gasteiger partial charge in [0.1, 0.15) is 0 Å². The average molecular weight is 379 g/mol. The summed E-state index contributed by atoms with van der Waals surface area (Å²) in [5.41, 5.74) is 1.02. The molecule has 0 radical (unpaired) electrons. The smallest absolute Gasteiger partial charge is 0.337 e. The zero-order valence-corrected chi connectivity index (χ0v) is 15.2. The number of hydrogen-bond donors (Lipinski definition) is 2. The van der Waals surface area contributed by atoms with Crippen LogP contribution in [-0.2, 0) is 9.47 Å². The Morgan fingerprint density at radius 3 is 2.07 bits per heavy atom. The number of anilines is 2. The first kappa shape index (κ1) is 18.8. The molecule has 2 aromatic carbocycles. The molecule has 0 aliphatic carbocycles. The van der Waals surface area contributed by atoms with E-state index in [-0.39, 0.29) is 16.8 Å². The first-order valence-corrected chi connectivity index (χ1v) is 8.23. The Bertz CT molecular complexity index is 1030. The van der Waals surface area contributed by atoms with Crippen molar-refractivity contribution >= 4 is 40.1 Å². The molecule has 0 saturated carbocycles. The van der Waals surface area contributed by atoms with Crippen molar-refractivity contribution in [3.8, 4) is 0 Å². The minimum atomic E-state index is -0.642. The fourth-order valence-electron chi connectivity index (χ4n) is 2.63. The Morgan fingerprint density at radius 2 is 1.43 bits per heavy atom. The number of urea groups is 1. The van der Waals surface area contributed by atoms with E-state index < -0.39 is 18.0 Å². The zero-order valence-electron chi connectivity index (χ0n) is 15.2. The van der Waals surface area contributed by atoms with Gasteiger partial charge in [-0.2, -0.15) is 0 Å². The molecule has 0 saturated heterocycles. The zero-order chi connectivity index (χ0) is 20.1. The number of ether oxygens (including phenoxy) is 2. The van der Waals surface area contributed by atoms with E-state index >= 15 is 0 Å². The van der Waals surface area contributed by atoms with Gasteiger partial charge in [0.15, 0.2) is 0 Å². The van der Waals surface area contributed by atoms with Crippen molar-refractivity contribution in [3.63, 3.8) is 0 Å². The highest BCUT2D eigenvalue weighted by atomic mass is 16.5. The van der Waals surface area contributed by atoms with Crippen LogP contribution in [0.2, 0.25) is 0 Å². The van der Waals surface area contributed by atoms with Crippen molar-refractivity contribution in [2.24, 2.45) is 0 Å². The number of amides is 2. The highest BCUT2D eigenvalue weighted by Crippen LogP contribution is 2.20. The molecule has 0 unspecified atom stereocenters. The Hall–Kier alpha value is -3.94. The predicted molar refractivity (Wildman–Crippen MR) is 104 cm³/mol. The molecule has 0 aliphatic heterocycles. The molecule has 1 aromatic heterocycles. The minimum Gasteiger partial charge on any atom is -0.465 e. The third-order valence-electron chi connectivity index (χ3n) is 3.93. The lowest BCUT2D eigenvalue weighted by molar-refractivity contribution is 0.0599. The van der Waals surface area contributed by atoms with Gasteiger partial charge >= 0.3 is 18.0 Å². The van der Waals surface area contributed by atoms with Crippen molar-refractivity contribution in [2.75, 3.05) is 24.9 Å². The van der Waals surface area contributed by atoms with Gasteiger partial charge in [-0.15, -0.1) is 0 Å². The van der Waals surface area contributed by atoms with Gasteiger partial charge in [0, 0.05) is 29.2 Å². The van der Waals surface area contributed by atoms with E-state index in [2.05, 4.69) is 25.1 Å². The Labute approximate surface area is 160 Å². The van der Waals surface area contributed by atoms with Gasteiger partial charge in [0.25, 0.3) is 0 Å². The topological polar surface area (TPSA) is 107 Å². The SMILES string of the molecule is COC(=O)c1cc(NC(=O)Nc2ccc3ccncc3c2)cc(C(=O)OC)c1. The van der Waals surface area contributed by atoms with Gasteiger partial charge in [-0.25, -0.2) is 14.4 Å². The summed E-state index contributed by atoms with van der Waals surface area (Å²) >= 11 is 0. The molecule has 0 atom stereocenters. The highest BCUT2D eigenvalue weighted by molar-refractivity contribution is 6.03. The number of pyridine rings is 1. The van der Waals surface area contributed by atoms with Crippen LogP contribution in [0.25, 0.3) is 10.8 Å². The van der Waals surface area contributed by atoms with E-state index in [0.717, 1.165) is 10.8 Å². The van der Waals surface area contributed by atoms with Gasteiger partial charge in [0.05, 0.1) is 25.3 Å². The third kappa shape index (κ3) is 4.24. The van der Waals surface area contributed by atoms with Crippen molar-refractivity contribution in [1.82, 2.24) is 4.98 Å². The molecule has 142 valence electrons. The standard InChI is InChI=1S/C20H17N3O5/c1-27-18(24)13-7-14(19(25)28-2)9-17(8-13)23-20(26)22-16-4-3-12-5-6-21-11-15(12)10-16/h3-11H,1-2H3,(H2,22,23,26). The summed E-state index contributed by atoms with van der Waals surface area (Å²) in [7, 11) is 2.45. The number of methoxy groups -OCH3 is 2. The second-order valence-electron chi connectivity index (χ2n) is 5.80. The van der Waals surface area contributed by atoms with E-state index in [4.69, 9.17) is 0 Å². The Balaban J connectivity index is 1.81. The number of rotatable bonds is 4. The first-order chi connectivity index (χ1) is 13.5. The van der Waals surface area contributed by atoms with Crippen molar-refractivity contribution < 1.29 is 23.9 Å². The van der Waals surface area contributed by atoms with Crippen molar-refractivity contribution in [2.45, 2.75) is 0 Å². The quantitative estimate of drug-likeness (QED) is 0.673. The number of benzene rings is 2. The second kappa shape index (κ2) is 8.17. The Kier molecular flexibility index (Phi) is 5.50. The maximum Gasteiger partial charge on any atom is 0.337 e. The summed E-state index contributed by atoms with van der Waals surface area (Å²) in [5.74, 6) is -1.28. The van der Waals surface area contributed by atoms with Gasteiger partial charge in [-0.05, 0) is 41.8 Å². The number of fused-ring (bicyclic) bond motifs is 1. The summed E-state index contributed by atoms with van der Waals surface area (Å²) in [5, 5.41) is 7.16. The molecule has 0 fully saturated rings. The molecule has 8 heteroatoms. The molecule has 1 heterocycles. The van der Waals surface area contributed by atoms with Crippen LogP contribution in [0.3, 0.4) is 0 Å². The van der Waals surface area contributed by atoms with Crippen LogP contribution in [-0.4, -0.2) is 37.2 Å². The highest BCUT2D eigenvalue weighted by Gasteiger charge is 2.15. The molecule has 3 aromatic rings. The maximum absolute atomic E-state index is 12.3. The van der Waals surface area contributed by atoms with Crippen LogP contribution >= 0.6 is 0 Å². The monoisotopic (exact) mass is 379 g/mol. The predicted octanol–water partition coefficient (Wildman–Crippen LogP) is 3.45. The van der Waals surface area contributed by atoms with Crippen LogP contribution in [0, 0.1) is 0 Å². The largest absolute Gasteiger partial charge is 0.465 e. The van der Waals surface area contributed by atoms with Crippen LogP contribution in [0.1, 0.15) is 20.7 Å². The van der Waals surface area contributed by atoms with E-state index in [1.807, 2.05) is 12.1 Å². The van der Waals surface area contributed by atoms with Crippen LogP contribution in [0.4, 0.5) is 16.2 Å². The lowest BCUT2D eigenvalue weighted by Gasteiger charge is -2.11. The number of esters is 2. The molecule has 28 heavy (non-hydrogen) atoms. The number of aromatic nitrogens is 1. The molecule has 0 aliphatic rings. The molecule has 2 amide bonds. The first-order valence-electron chi connectivity index (χ1n) is 8.23. The van der Waals surface area contributed by atoms with Crippen molar-refractivity contribution in [3.05, 3.63) is 66.0 Å². The van der Waals surface area contributed by atoms with Gasteiger partial charge in [0.2, 0.25) is 0 Å². The van der Waals surface area contributed by atoms with Gasteiger partial charge in [-0.3, -0.25) is 4.98 Å². The molecule has 2 N–H and O–H groups in total. The number of carbonyl (C=O) groups is 3. The molecule has 0 bridgehead atoms. The fraction of sp³-hybridized carbons (Fsp3) is 0.100. The number of hydrogen-bond acceptors (Lipinski definition) is 6. The lowest BCUT2D eigenvalue weighted by atomic mass is 10.1. The van der Waals surface area contributed by atoms with Crippen LogP contribution in [0.15, 0.2) is 54.9 Å². The summed E-state index contributed by atoms with van der Waals surface area (Å²) in [6, 6.07) is 10.9. The molecule has 3 rings (SSSR count). The minimum absolute atomic E-state index is 0.109. The van der Waals surface area contributed by atoms with Crippen molar-refractivity contribution in [1.29, 1.82) is 0 Å². The normalized spacial score (nSPS) is 10.2. The van der Waals surface area contributed by atoms with Crippen LogP contribution in [0.5, 0.6) is 0 Å². The number of nitrogens with one attached hydrogen (secondary N) is 2. The van der Waals surface area contributed by atoms with E-state index in [1.165, 1.54) is 32.4 Å². The molecular weight excluding hydrogens is 362 g/mol. The summed E-state index contributed by atoms with van der Waals surface area (Å²) in [6.07, 6.45) is 3.39. The molecule has 0 spiro atoms. The van der Waals surface area contributed by atoms with E-state index in [9.17, 15) is 14.4 Å². The maximum atomic E-state index is 12.3. The second-order valence-corrected chi connectivity index (χ2v) is 5.80.